The minimum Gasteiger partial charge on any atom is -0.493 e. The monoisotopic (exact) mass is 253 g/mol. The highest BCUT2D eigenvalue weighted by Gasteiger charge is 2.16. The molecule has 0 heterocycles. The first-order valence-corrected chi connectivity index (χ1v) is 5.25. The summed E-state index contributed by atoms with van der Waals surface area (Å²) in [4.78, 5) is 21.2. The van der Waals surface area contributed by atoms with Crippen molar-refractivity contribution in [2.75, 3.05) is 14.2 Å². The van der Waals surface area contributed by atoms with Crippen LogP contribution in [0.15, 0.2) is 18.2 Å². The summed E-state index contributed by atoms with van der Waals surface area (Å²) in [5.74, 6) is 0.0312. The number of nitrogens with one attached hydrogen (secondary N) is 1. The second-order valence-corrected chi connectivity index (χ2v) is 3.55. The summed E-state index contributed by atoms with van der Waals surface area (Å²) in [6.07, 6.45) is 0.276. The van der Waals surface area contributed by atoms with E-state index in [1.807, 2.05) is 0 Å². The van der Waals surface area contributed by atoms with E-state index >= 15 is 0 Å². The van der Waals surface area contributed by atoms with E-state index in [0.29, 0.717) is 23.5 Å². The van der Waals surface area contributed by atoms with Crippen LogP contribution in [0, 0.1) is 0 Å². The molecule has 0 aliphatic heterocycles. The molecular weight excluding hydrogens is 238 g/mol. The minimum atomic E-state index is -0.996. The molecular formula is C12H15NO5. The van der Waals surface area contributed by atoms with Crippen LogP contribution in [0.2, 0.25) is 0 Å². The number of carboxylic acids is 1. The van der Waals surface area contributed by atoms with Gasteiger partial charge in [-0.3, -0.25) is 9.59 Å². The van der Waals surface area contributed by atoms with Gasteiger partial charge in [0.05, 0.1) is 26.7 Å². The van der Waals surface area contributed by atoms with Crippen molar-refractivity contribution in [1.29, 1.82) is 0 Å². The van der Waals surface area contributed by atoms with Crippen molar-refractivity contribution >= 4 is 12.4 Å². The summed E-state index contributed by atoms with van der Waals surface area (Å²) < 4.78 is 10.2. The number of ether oxygens (including phenoxy) is 2. The van der Waals surface area contributed by atoms with Gasteiger partial charge in [-0.2, -0.15) is 0 Å². The van der Waals surface area contributed by atoms with Crippen molar-refractivity contribution in [3.63, 3.8) is 0 Å². The lowest BCUT2D eigenvalue weighted by atomic mass is 10.0. The van der Waals surface area contributed by atoms with Crippen LogP contribution in [0.5, 0.6) is 11.5 Å². The van der Waals surface area contributed by atoms with Crippen molar-refractivity contribution < 1.29 is 24.2 Å². The van der Waals surface area contributed by atoms with Gasteiger partial charge in [0.25, 0.3) is 0 Å². The Morgan fingerprint density at radius 3 is 2.56 bits per heavy atom. The summed E-state index contributed by atoms with van der Waals surface area (Å²) in [5.41, 5.74) is 0.641. The van der Waals surface area contributed by atoms with Gasteiger partial charge in [0.2, 0.25) is 6.41 Å². The van der Waals surface area contributed by atoms with Crippen LogP contribution in [0.4, 0.5) is 0 Å². The number of amides is 1. The fraction of sp³-hybridized carbons (Fsp3) is 0.333. The highest BCUT2D eigenvalue weighted by atomic mass is 16.5. The van der Waals surface area contributed by atoms with E-state index < -0.39 is 12.0 Å². The minimum absolute atomic E-state index is 0.200. The average Bonchev–Trinajstić information content (AvgIpc) is 2.37. The normalized spacial score (nSPS) is 11.4. The number of carbonyl (C=O) groups is 2. The number of rotatable bonds is 7. The lowest BCUT2D eigenvalue weighted by molar-refractivity contribution is -0.137. The predicted molar refractivity (Wildman–Crippen MR) is 63.7 cm³/mol. The lowest BCUT2D eigenvalue weighted by Gasteiger charge is -2.16. The molecule has 0 radical (unpaired) electrons. The summed E-state index contributed by atoms with van der Waals surface area (Å²) >= 11 is 0. The van der Waals surface area contributed by atoms with Crippen LogP contribution < -0.4 is 14.8 Å². The maximum absolute atomic E-state index is 10.7. The molecule has 1 atom stereocenters. The van der Waals surface area contributed by atoms with E-state index in [1.54, 1.807) is 18.2 Å². The van der Waals surface area contributed by atoms with Gasteiger partial charge in [-0.05, 0) is 17.7 Å². The molecule has 18 heavy (non-hydrogen) atoms. The average molecular weight is 253 g/mol. The Balaban J connectivity index is 3.04. The van der Waals surface area contributed by atoms with Gasteiger partial charge < -0.3 is 19.9 Å². The Bertz CT molecular complexity index is 432. The van der Waals surface area contributed by atoms with Crippen LogP contribution in [0.3, 0.4) is 0 Å². The molecule has 6 nitrogen and oxygen atoms in total. The summed E-state index contributed by atoms with van der Waals surface area (Å²) in [6.45, 7) is 0. The molecule has 98 valence electrons. The van der Waals surface area contributed by atoms with Crippen LogP contribution in [-0.2, 0) is 9.59 Å². The maximum Gasteiger partial charge on any atom is 0.305 e. The van der Waals surface area contributed by atoms with Gasteiger partial charge in [0.1, 0.15) is 0 Å². The summed E-state index contributed by atoms with van der Waals surface area (Å²) in [6, 6.07) is 4.39. The second-order valence-electron chi connectivity index (χ2n) is 3.55. The third kappa shape index (κ3) is 3.38. The van der Waals surface area contributed by atoms with E-state index in [0.717, 1.165) is 0 Å². The van der Waals surface area contributed by atoms with E-state index in [2.05, 4.69) is 5.32 Å². The topological polar surface area (TPSA) is 84.9 Å². The van der Waals surface area contributed by atoms with E-state index in [-0.39, 0.29) is 6.42 Å². The molecule has 1 rings (SSSR count). The number of aliphatic carboxylic acids is 1. The second kappa shape index (κ2) is 6.48. The van der Waals surface area contributed by atoms with Crippen LogP contribution in [-0.4, -0.2) is 31.7 Å². The largest absolute Gasteiger partial charge is 0.493 e. The molecule has 0 aliphatic rings. The van der Waals surface area contributed by atoms with Crippen LogP contribution in [0.25, 0.3) is 0 Å². The SMILES string of the molecule is COc1ccc([C@H](CC(=O)O)NC=O)cc1OC. The fourth-order valence-corrected chi connectivity index (χ4v) is 1.60. The molecule has 0 spiro atoms. The highest BCUT2D eigenvalue weighted by Crippen LogP contribution is 2.30. The van der Waals surface area contributed by atoms with Gasteiger partial charge >= 0.3 is 5.97 Å². The molecule has 0 aromatic heterocycles. The van der Waals surface area contributed by atoms with Crippen molar-refractivity contribution in [3.05, 3.63) is 23.8 Å². The number of benzene rings is 1. The Hall–Kier alpha value is -2.24. The quantitative estimate of drug-likeness (QED) is 0.707. The zero-order chi connectivity index (χ0) is 13.5. The summed E-state index contributed by atoms with van der Waals surface area (Å²) in [5, 5.41) is 11.2. The molecule has 6 heteroatoms. The first kappa shape index (κ1) is 13.8. The first-order chi connectivity index (χ1) is 8.62. The molecule has 1 aromatic carbocycles. The molecule has 0 unspecified atom stereocenters. The van der Waals surface area contributed by atoms with Crippen molar-refractivity contribution in [3.8, 4) is 11.5 Å². The standard InChI is InChI=1S/C12H15NO5/c1-17-10-4-3-8(5-11(10)18-2)9(13-7-14)6-12(15)16/h3-5,7,9H,6H2,1-2H3,(H,13,14)(H,15,16)/t9-/m0/s1. The van der Waals surface area contributed by atoms with Gasteiger partial charge in [0, 0.05) is 0 Å². The Morgan fingerprint density at radius 2 is 2.06 bits per heavy atom. The molecule has 0 aliphatic carbocycles. The molecule has 1 aromatic rings. The van der Waals surface area contributed by atoms with Gasteiger partial charge in [-0.1, -0.05) is 6.07 Å². The molecule has 0 bridgehead atoms. The van der Waals surface area contributed by atoms with Crippen molar-refractivity contribution in [2.45, 2.75) is 12.5 Å². The number of carbonyl (C=O) groups excluding carboxylic acids is 1. The maximum atomic E-state index is 10.7. The number of hydrogen-bond acceptors (Lipinski definition) is 4. The zero-order valence-corrected chi connectivity index (χ0v) is 10.2. The van der Waals surface area contributed by atoms with E-state index in [9.17, 15) is 9.59 Å². The van der Waals surface area contributed by atoms with Gasteiger partial charge in [-0.15, -0.1) is 0 Å². The van der Waals surface area contributed by atoms with E-state index in [1.165, 1.54) is 14.2 Å². The first-order valence-electron chi connectivity index (χ1n) is 5.25. The van der Waals surface area contributed by atoms with Gasteiger partial charge in [-0.25, -0.2) is 0 Å². The van der Waals surface area contributed by atoms with Gasteiger partial charge in [0.15, 0.2) is 11.5 Å². The smallest absolute Gasteiger partial charge is 0.305 e. The Labute approximate surface area is 105 Å². The lowest BCUT2D eigenvalue weighted by Crippen LogP contribution is -2.22. The van der Waals surface area contributed by atoms with Crippen LogP contribution >= 0.6 is 0 Å². The fourth-order valence-electron chi connectivity index (χ4n) is 1.60. The molecule has 2 N–H and O–H groups in total. The van der Waals surface area contributed by atoms with Crippen molar-refractivity contribution in [2.24, 2.45) is 0 Å². The Kier molecular flexibility index (Phi) is 4.98. The Morgan fingerprint density at radius 1 is 1.39 bits per heavy atom. The molecule has 0 fully saturated rings. The number of hydrogen-bond donors (Lipinski definition) is 2. The third-order valence-corrected chi connectivity index (χ3v) is 2.46. The van der Waals surface area contributed by atoms with E-state index in [4.69, 9.17) is 14.6 Å². The number of methoxy groups -OCH3 is 2. The molecule has 0 saturated carbocycles. The predicted octanol–water partition coefficient (Wildman–Crippen LogP) is 0.966. The number of carboxylic acid groups (broad SMARTS) is 1. The van der Waals surface area contributed by atoms with Crippen molar-refractivity contribution in [1.82, 2.24) is 5.32 Å². The van der Waals surface area contributed by atoms with Crippen LogP contribution in [0.1, 0.15) is 18.0 Å². The molecule has 0 saturated heterocycles. The highest BCUT2D eigenvalue weighted by molar-refractivity contribution is 5.68. The third-order valence-electron chi connectivity index (χ3n) is 2.46. The summed E-state index contributed by atoms with van der Waals surface area (Å²) in [7, 11) is 3.00. The zero-order valence-electron chi connectivity index (χ0n) is 10.2. The molecule has 1 amide bonds.